The highest BCUT2D eigenvalue weighted by Crippen LogP contribution is 2.38. The van der Waals surface area contributed by atoms with Crippen LogP contribution in [-0.2, 0) is 6.42 Å². The molecule has 0 amide bonds. The minimum absolute atomic E-state index is 0.356. The van der Waals surface area contributed by atoms with Gasteiger partial charge in [-0.25, -0.2) is 0 Å². The van der Waals surface area contributed by atoms with Crippen LogP contribution in [0.15, 0.2) is 103 Å². The van der Waals surface area contributed by atoms with Gasteiger partial charge in [0.05, 0.1) is 0 Å². The third-order valence-electron chi connectivity index (χ3n) is 5.38. The monoisotopic (exact) mass is 350 g/mol. The molecule has 0 heteroatoms. The van der Waals surface area contributed by atoms with Gasteiger partial charge < -0.3 is 0 Å². The van der Waals surface area contributed by atoms with E-state index >= 15 is 0 Å². The lowest BCUT2D eigenvalue weighted by Gasteiger charge is -2.23. The Balaban J connectivity index is 1.68. The Morgan fingerprint density at radius 3 is 1.96 bits per heavy atom. The van der Waals surface area contributed by atoms with Crippen molar-refractivity contribution in [1.29, 1.82) is 0 Å². The van der Waals surface area contributed by atoms with Crippen LogP contribution in [0.3, 0.4) is 0 Å². The van der Waals surface area contributed by atoms with Crippen LogP contribution in [0.4, 0.5) is 0 Å². The zero-order valence-electron chi connectivity index (χ0n) is 16.1. The summed E-state index contributed by atoms with van der Waals surface area (Å²) < 4.78 is 0. The minimum Gasteiger partial charge on any atom is -0.0764 e. The summed E-state index contributed by atoms with van der Waals surface area (Å²) in [6.45, 7) is 4.36. The van der Waals surface area contributed by atoms with E-state index in [1.54, 1.807) is 0 Å². The Morgan fingerprint density at radius 2 is 1.37 bits per heavy atom. The summed E-state index contributed by atoms with van der Waals surface area (Å²) in [4.78, 5) is 0. The topological polar surface area (TPSA) is 0 Å². The smallest absolute Gasteiger partial charge is 0.0187 e. The second-order valence-electron chi connectivity index (χ2n) is 7.65. The number of benzene rings is 3. The third-order valence-corrected chi connectivity index (χ3v) is 5.38. The largest absolute Gasteiger partial charge is 0.0764 e. The summed E-state index contributed by atoms with van der Waals surface area (Å²) >= 11 is 0. The normalized spacial score (nSPS) is 16.0. The molecule has 0 fully saturated rings. The summed E-state index contributed by atoms with van der Waals surface area (Å²) in [6.07, 6.45) is 8.16. The number of aryl methyl sites for hydroxylation is 2. The number of hydrogen-bond acceptors (Lipinski definition) is 0. The molecule has 3 aromatic carbocycles. The molecule has 27 heavy (non-hydrogen) atoms. The van der Waals surface area contributed by atoms with Crippen molar-refractivity contribution >= 4 is 0 Å². The van der Waals surface area contributed by atoms with Gasteiger partial charge in [0.25, 0.3) is 0 Å². The highest BCUT2D eigenvalue weighted by atomic mass is 14.3. The molecule has 0 heterocycles. The highest BCUT2D eigenvalue weighted by molar-refractivity contribution is 5.43. The molecule has 0 radical (unpaired) electrons. The van der Waals surface area contributed by atoms with Gasteiger partial charge in [-0.2, -0.15) is 0 Å². The zero-order valence-corrected chi connectivity index (χ0v) is 16.1. The van der Waals surface area contributed by atoms with Crippen LogP contribution in [-0.4, -0.2) is 0 Å². The van der Waals surface area contributed by atoms with Crippen molar-refractivity contribution in [3.05, 3.63) is 130 Å². The Hall–Kier alpha value is -2.86. The summed E-state index contributed by atoms with van der Waals surface area (Å²) in [5, 5.41) is 0. The van der Waals surface area contributed by atoms with E-state index in [2.05, 4.69) is 111 Å². The molecular weight excluding hydrogens is 324 g/mol. The highest BCUT2D eigenvalue weighted by Gasteiger charge is 2.24. The maximum atomic E-state index is 2.46. The summed E-state index contributed by atoms with van der Waals surface area (Å²) in [7, 11) is 0. The van der Waals surface area contributed by atoms with E-state index in [9.17, 15) is 0 Å². The van der Waals surface area contributed by atoms with E-state index in [1.807, 2.05) is 0 Å². The molecule has 0 saturated heterocycles. The summed E-state index contributed by atoms with van der Waals surface area (Å²) in [6, 6.07) is 28.7. The van der Waals surface area contributed by atoms with Gasteiger partial charge in [0.1, 0.15) is 0 Å². The molecule has 1 atom stereocenters. The van der Waals surface area contributed by atoms with E-state index in [-0.39, 0.29) is 0 Å². The van der Waals surface area contributed by atoms with Crippen molar-refractivity contribution < 1.29 is 0 Å². The van der Waals surface area contributed by atoms with Crippen molar-refractivity contribution in [2.45, 2.75) is 26.2 Å². The van der Waals surface area contributed by atoms with Crippen molar-refractivity contribution in [3.8, 4) is 0 Å². The van der Waals surface area contributed by atoms with Gasteiger partial charge in [-0.05, 0) is 42.5 Å². The van der Waals surface area contributed by atoms with Crippen LogP contribution in [0.2, 0.25) is 0 Å². The fourth-order valence-corrected chi connectivity index (χ4v) is 4.11. The van der Waals surface area contributed by atoms with Crippen LogP contribution in [0.1, 0.15) is 33.7 Å². The zero-order chi connectivity index (χ0) is 18.6. The maximum Gasteiger partial charge on any atom is 0.0187 e. The quantitative estimate of drug-likeness (QED) is 0.475. The SMILES string of the molecule is Cc1cccc(C(c2cccc(C)c2)C2C=CC(Cc3ccccc3)=C2)c1. The molecule has 0 saturated carbocycles. The Labute approximate surface area is 162 Å². The molecule has 0 bridgehead atoms. The second kappa shape index (κ2) is 7.80. The molecule has 134 valence electrons. The Kier molecular flexibility index (Phi) is 5.07. The van der Waals surface area contributed by atoms with Crippen LogP contribution in [0.5, 0.6) is 0 Å². The summed E-state index contributed by atoms with van der Waals surface area (Å²) in [5.41, 5.74) is 8.22. The van der Waals surface area contributed by atoms with Crippen molar-refractivity contribution in [3.63, 3.8) is 0 Å². The van der Waals surface area contributed by atoms with Crippen LogP contribution in [0, 0.1) is 19.8 Å². The predicted molar refractivity (Wildman–Crippen MR) is 115 cm³/mol. The molecule has 1 unspecified atom stereocenters. The van der Waals surface area contributed by atoms with Crippen LogP contribution in [0.25, 0.3) is 0 Å². The minimum atomic E-state index is 0.356. The standard InChI is InChI=1S/C27H26/c1-20-8-6-12-24(16-20)27(25-13-7-9-21(2)17-25)26-15-14-23(19-26)18-22-10-4-3-5-11-22/h3-17,19,26-27H,18H2,1-2H3. The molecular formula is C27H26. The molecule has 0 aliphatic heterocycles. The van der Waals surface area contributed by atoms with Crippen molar-refractivity contribution in [1.82, 2.24) is 0 Å². The van der Waals surface area contributed by atoms with Gasteiger partial charge in [0.15, 0.2) is 0 Å². The molecule has 0 aromatic heterocycles. The fraction of sp³-hybridized carbons (Fsp3) is 0.185. The van der Waals surface area contributed by atoms with Crippen molar-refractivity contribution in [2.24, 2.45) is 5.92 Å². The molecule has 1 aliphatic rings. The Morgan fingerprint density at radius 1 is 0.741 bits per heavy atom. The lowest BCUT2D eigenvalue weighted by Crippen LogP contribution is -2.10. The summed E-state index contributed by atoms with van der Waals surface area (Å²) in [5.74, 6) is 0.752. The third kappa shape index (κ3) is 4.11. The lowest BCUT2D eigenvalue weighted by molar-refractivity contribution is 0.690. The average Bonchev–Trinajstić information content (AvgIpc) is 3.11. The molecule has 3 aromatic rings. The fourth-order valence-electron chi connectivity index (χ4n) is 4.11. The Bertz CT molecular complexity index is 930. The average molecular weight is 351 g/mol. The number of allylic oxidation sites excluding steroid dienone is 4. The lowest BCUT2D eigenvalue weighted by atomic mass is 9.80. The molecule has 0 nitrogen and oxygen atoms in total. The van der Waals surface area contributed by atoms with Crippen LogP contribution < -0.4 is 0 Å². The van der Waals surface area contributed by atoms with Gasteiger partial charge in [0.2, 0.25) is 0 Å². The first kappa shape index (κ1) is 17.5. The van der Waals surface area contributed by atoms with Gasteiger partial charge in [-0.3, -0.25) is 0 Å². The first-order valence-corrected chi connectivity index (χ1v) is 9.75. The first-order valence-electron chi connectivity index (χ1n) is 9.75. The van der Waals surface area contributed by atoms with E-state index in [0.717, 1.165) is 6.42 Å². The number of rotatable bonds is 5. The molecule has 0 N–H and O–H groups in total. The van der Waals surface area contributed by atoms with Gasteiger partial charge >= 0.3 is 0 Å². The molecule has 4 rings (SSSR count). The van der Waals surface area contributed by atoms with E-state index in [0.29, 0.717) is 11.8 Å². The molecule has 0 spiro atoms. The number of hydrogen-bond donors (Lipinski definition) is 0. The van der Waals surface area contributed by atoms with Crippen molar-refractivity contribution in [2.75, 3.05) is 0 Å². The predicted octanol–water partition coefficient (Wildman–Crippen LogP) is 6.79. The van der Waals surface area contributed by atoms with E-state index < -0.39 is 0 Å². The van der Waals surface area contributed by atoms with E-state index in [4.69, 9.17) is 0 Å². The maximum absolute atomic E-state index is 2.46. The first-order chi connectivity index (χ1) is 13.2. The van der Waals surface area contributed by atoms with Gasteiger partial charge in [-0.1, -0.05) is 108 Å². The van der Waals surface area contributed by atoms with Gasteiger partial charge in [-0.15, -0.1) is 0 Å². The van der Waals surface area contributed by atoms with E-state index in [1.165, 1.54) is 33.4 Å². The van der Waals surface area contributed by atoms with Crippen LogP contribution >= 0.6 is 0 Å². The van der Waals surface area contributed by atoms with Gasteiger partial charge in [0, 0.05) is 11.8 Å². The second-order valence-corrected chi connectivity index (χ2v) is 7.65. The molecule has 1 aliphatic carbocycles.